The lowest BCUT2D eigenvalue weighted by atomic mass is 10.0. The number of fused-ring (bicyclic) bond motifs is 1. The van der Waals surface area contributed by atoms with Crippen LogP contribution in [-0.4, -0.2) is 38.7 Å². The topological polar surface area (TPSA) is 77.1 Å². The first kappa shape index (κ1) is 22.3. The van der Waals surface area contributed by atoms with Gasteiger partial charge in [0.1, 0.15) is 11.8 Å². The Bertz CT molecular complexity index is 1040. The van der Waals surface area contributed by atoms with Gasteiger partial charge in [-0.05, 0) is 37.5 Å². The molecule has 2 aromatic rings. The van der Waals surface area contributed by atoms with Crippen molar-refractivity contribution in [2.75, 3.05) is 25.7 Å². The van der Waals surface area contributed by atoms with Crippen molar-refractivity contribution in [2.45, 2.75) is 44.7 Å². The molecule has 1 fully saturated rings. The molecule has 170 valence electrons. The van der Waals surface area contributed by atoms with Crippen molar-refractivity contribution in [1.29, 1.82) is 0 Å². The molecule has 1 heterocycles. The molecular weight excluding hydrogens is 432 g/mol. The number of ether oxygens (including phenoxy) is 3. The molecule has 4 rings (SSSR count). The van der Waals surface area contributed by atoms with Crippen LogP contribution in [0.15, 0.2) is 30.3 Å². The normalized spacial score (nSPS) is 18.6. The van der Waals surface area contributed by atoms with Crippen molar-refractivity contribution in [3.8, 4) is 17.2 Å². The Kier molecular flexibility index (Phi) is 6.46. The van der Waals surface area contributed by atoms with Gasteiger partial charge in [-0.3, -0.25) is 14.5 Å². The molecule has 1 aliphatic heterocycles. The van der Waals surface area contributed by atoms with Gasteiger partial charge in [-0.25, -0.2) is 0 Å². The summed E-state index contributed by atoms with van der Waals surface area (Å²) >= 11 is 6.30. The predicted molar refractivity (Wildman–Crippen MR) is 122 cm³/mol. The number of aryl methyl sites for hydroxylation is 1. The fourth-order valence-corrected chi connectivity index (χ4v) is 4.59. The molecule has 1 atom stereocenters. The Hall–Kier alpha value is -2.93. The fourth-order valence-electron chi connectivity index (χ4n) is 4.43. The number of anilines is 1. The smallest absolute Gasteiger partial charge is 0.266 e. The molecule has 8 heteroatoms. The third kappa shape index (κ3) is 4.09. The minimum Gasteiger partial charge on any atom is -0.495 e. The Labute approximate surface area is 192 Å². The molecule has 2 aliphatic rings. The summed E-state index contributed by atoms with van der Waals surface area (Å²) in [5.74, 6) is 0.630. The van der Waals surface area contributed by atoms with Crippen LogP contribution in [0.1, 0.15) is 42.9 Å². The second kappa shape index (κ2) is 9.28. The van der Waals surface area contributed by atoms with Gasteiger partial charge < -0.3 is 19.5 Å². The van der Waals surface area contributed by atoms with Gasteiger partial charge in [0.05, 0.1) is 19.9 Å². The number of nitrogens with zero attached hydrogens (tertiary/aromatic N) is 1. The summed E-state index contributed by atoms with van der Waals surface area (Å²) in [5, 5.41) is 3.65. The minimum absolute atomic E-state index is 0.0894. The predicted octanol–water partition coefficient (Wildman–Crippen LogP) is 4.19. The number of nitrogens with one attached hydrogen (secondary N) is 1. The summed E-state index contributed by atoms with van der Waals surface area (Å²) in [6.45, 7) is 1.60. The molecule has 7 nitrogen and oxygen atoms in total. The van der Waals surface area contributed by atoms with Gasteiger partial charge in [0.25, 0.3) is 5.91 Å². The van der Waals surface area contributed by atoms with E-state index in [9.17, 15) is 9.59 Å². The first-order valence-corrected chi connectivity index (χ1v) is 11.1. The summed E-state index contributed by atoms with van der Waals surface area (Å²) in [4.78, 5) is 28.5. The second-order valence-electron chi connectivity index (χ2n) is 8.10. The second-order valence-corrected chi connectivity index (χ2v) is 8.50. The Morgan fingerprint density at radius 1 is 1.16 bits per heavy atom. The van der Waals surface area contributed by atoms with E-state index < -0.39 is 6.04 Å². The molecule has 1 saturated carbocycles. The van der Waals surface area contributed by atoms with E-state index >= 15 is 0 Å². The number of hydrogen-bond donors (Lipinski definition) is 1. The molecule has 0 spiro atoms. The number of halogens is 1. The van der Waals surface area contributed by atoms with Crippen LogP contribution in [0.25, 0.3) is 0 Å². The van der Waals surface area contributed by atoms with Crippen LogP contribution >= 0.6 is 11.6 Å². The highest BCUT2D eigenvalue weighted by atomic mass is 35.5. The molecule has 0 radical (unpaired) electrons. The Balaban J connectivity index is 1.88. The van der Waals surface area contributed by atoms with E-state index in [1.807, 2.05) is 6.92 Å². The number of methoxy groups -OCH3 is 2. The van der Waals surface area contributed by atoms with Gasteiger partial charge in [-0.15, -0.1) is 0 Å². The van der Waals surface area contributed by atoms with Crippen molar-refractivity contribution in [2.24, 2.45) is 0 Å². The van der Waals surface area contributed by atoms with Crippen molar-refractivity contribution in [1.82, 2.24) is 5.32 Å². The maximum atomic E-state index is 13.7. The summed E-state index contributed by atoms with van der Waals surface area (Å²) in [5.41, 5.74) is 1.78. The van der Waals surface area contributed by atoms with Crippen LogP contribution in [0.4, 0.5) is 5.69 Å². The lowest BCUT2D eigenvalue weighted by molar-refractivity contribution is -0.127. The van der Waals surface area contributed by atoms with Crippen molar-refractivity contribution in [3.63, 3.8) is 0 Å². The molecular formula is C24H27ClN2O5. The van der Waals surface area contributed by atoms with Crippen molar-refractivity contribution < 1.29 is 23.8 Å². The number of carbonyl (C=O) groups is 2. The number of benzene rings is 2. The van der Waals surface area contributed by atoms with Crippen LogP contribution < -0.4 is 24.4 Å². The van der Waals surface area contributed by atoms with Gasteiger partial charge in [-0.2, -0.15) is 0 Å². The monoisotopic (exact) mass is 458 g/mol. The first-order valence-electron chi connectivity index (χ1n) is 10.7. The zero-order valence-corrected chi connectivity index (χ0v) is 19.2. The van der Waals surface area contributed by atoms with E-state index in [0.717, 1.165) is 31.2 Å². The zero-order valence-electron chi connectivity index (χ0n) is 18.4. The SMILES string of the molecule is COc1cc(Cl)c(C)cc1N1C(=O)COc2c(OC)cccc2C1C(=O)NC1CCCC1. The molecule has 2 amide bonds. The molecule has 1 unspecified atom stereocenters. The molecule has 2 aromatic carbocycles. The molecule has 32 heavy (non-hydrogen) atoms. The number of rotatable bonds is 5. The third-order valence-corrected chi connectivity index (χ3v) is 6.47. The lowest BCUT2D eigenvalue weighted by Crippen LogP contribution is -2.46. The quantitative estimate of drug-likeness (QED) is 0.726. The maximum absolute atomic E-state index is 13.7. The Morgan fingerprint density at radius 2 is 1.88 bits per heavy atom. The van der Waals surface area contributed by atoms with E-state index in [1.165, 1.54) is 19.1 Å². The van der Waals surface area contributed by atoms with Crippen LogP contribution in [0.5, 0.6) is 17.2 Å². The van der Waals surface area contributed by atoms with Crippen LogP contribution in [0.2, 0.25) is 5.02 Å². The highest BCUT2D eigenvalue weighted by Crippen LogP contribution is 2.44. The van der Waals surface area contributed by atoms with Crippen LogP contribution in [0.3, 0.4) is 0 Å². The van der Waals surface area contributed by atoms with Crippen molar-refractivity contribution in [3.05, 3.63) is 46.5 Å². The van der Waals surface area contributed by atoms with E-state index in [4.69, 9.17) is 25.8 Å². The highest BCUT2D eigenvalue weighted by molar-refractivity contribution is 6.31. The van der Waals surface area contributed by atoms with Crippen molar-refractivity contribution >= 4 is 29.1 Å². The van der Waals surface area contributed by atoms with Gasteiger partial charge in [0, 0.05) is 22.7 Å². The molecule has 0 aromatic heterocycles. The highest BCUT2D eigenvalue weighted by Gasteiger charge is 2.40. The minimum atomic E-state index is -0.954. The van der Waals surface area contributed by atoms with E-state index in [2.05, 4.69) is 5.32 Å². The van der Waals surface area contributed by atoms with E-state index in [0.29, 0.717) is 33.5 Å². The lowest BCUT2D eigenvalue weighted by Gasteiger charge is -2.31. The number of para-hydroxylation sites is 1. The largest absolute Gasteiger partial charge is 0.495 e. The van der Waals surface area contributed by atoms with E-state index in [-0.39, 0.29) is 24.5 Å². The van der Waals surface area contributed by atoms with E-state index in [1.54, 1.807) is 30.3 Å². The summed E-state index contributed by atoms with van der Waals surface area (Å²) in [6, 6.07) is 7.88. The van der Waals surface area contributed by atoms with Gasteiger partial charge >= 0.3 is 0 Å². The molecule has 0 saturated heterocycles. The molecule has 1 aliphatic carbocycles. The average molecular weight is 459 g/mol. The van der Waals surface area contributed by atoms with Crippen LogP contribution in [-0.2, 0) is 9.59 Å². The van der Waals surface area contributed by atoms with Crippen LogP contribution in [0, 0.1) is 6.92 Å². The number of amides is 2. The molecule has 1 N–H and O–H groups in total. The summed E-state index contributed by atoms with van der Waals surface area (Å²) in [6.07, 6.45) is 4.01. The fraction of sp³-hybridized carbons (Fsp3) is 0.417. The number of hydrogen-bond acceptors (Lipinski definition) is 5. The number of carbonyl (C=O) groups excluding carboxylic acids is 2. The zero-order chi connectivity index (χ0) is 22.8. The molecule has 0 bridgehead atoms. The van der Waals surface area contributed by atoms with Gasteiger partial charge in [0.2, 0.25) is 5.91 Å². The first-order chi connectivity index (χ1) is 15.4. The third-order valence-electron chi connectivity index (χ3n) is 6.06. The summed E-state index contributed by atoms with van der Waals surface area (Å²) in [7, 11) is 3.04. The summed E-state index contributed by atoms with van der Waals surface area (Å²) < 4.78 is 16.8. The standard InChI is InChI=1S/C24H27ClN2O5/c1-14-11-18(20(31-3)12-17(14)25)27-21(28)13-32-23-16(9-6-10-19(23)30-2)22(27)24(29)26-15-7-4-5-8-15/h6,9-12,15,22H,4-5,7-8,13H2,1-3H3,(H,26,29). The maximum Gasteiger partial charge on any atom is 0.266 e. The van der Waals surface area contributed by atoms with Gasteiger partial charge in [0.15, 0.2) is 18.1 Å². The Morgan fingerprint density at radius 3 is 2.56 bits per heavy atom. The average Bonchev–Trinajstić information content (AvgIpc) is 3.24. The van der Waals surface area contributed by atoms with Gasteiger partial charge in [-0.1, -0.05) is 36.6 Å².